The van der Waals surface area contributed by atoms with E-state index in [1.807, 2.05) is 32.0 Å². The van der Waals surface area contributed by atoms with E-state index in [9.17, 15) is 10.1 Å². The van der Waals surface area contributed by atoms with Crippen LogP contribution in [0.4, 0.5) is 0 Å². The van der Waals surface area contributed by atoms with Gasteiger partial charge in [0, 0.05) is 16.7 Å². The number of hydrogen-bond donors (Lipinski definition) is 1. The lowest BCUT2D eigenvalue weighted by Crippen LogP contribution is -2.13. The van der Waals surface area contributed by atoms with E-state index in [2.05, 4.69) is 21.2 Å². The molecule has 31 heavy (non-hydrogen) atoms. The molecule has 1 aromatic heterocycles. The molecule has 0 bridgehead atoms. The second-order valence-corrected chi connectivity index (χ2v) is 7.40. The first kappa shape index (κ1) is 20.4. The maximum Gasteiger partial charge on any atom is 0.259 e. The van der Waals surface area contributed by atoms with Crippen LogP contribution in [0.5, 0.6) is 5.75 Å². The van der Waals surface area contributed by atoms with Crippen LogP contribution >= 0.6 is 0 Å². The first-order valence-corrected chi connectivity index (χ1v) is 9.98. The van der Waals surface area contributed by atoms with Gasteiger partial charge in [-0.3, -0.25) is 4.79 Å². The van der Waals surface area contributed by atoms with Crippen LogP contribution in [-0.4, -0.2) is 34.4 Å². The fourth-order valence-electron chi connectivity index (χ4n) is 3.58. The van der Waals surface area contributed by atoms with Crippen molar-refractivity contribution in [2.24, 2.45) is 10.7 Å². The zero-order valence-electron chi connectivity index (χ0n) is 17.3. The maximum absolute atomic E-state index is 11.6. The lowest BCUT2D eigenvalue weighted by Gasteiger charge is -2.11. The van der Waals surface area contributed by atoms with Crippen molar-refractivity contribution in [1.82, 2.24) is 10.1 Å². The Morgan fingerprint density at radius 1 is 1.29 bits per heavy atom. The molecule has 0 saturated heterocycles. The summed E-state index contributed by atoms with van der Waals surface area (Å²) < 4.78 is 11.1. The van der Waals surface area contributed by atoms with E-state index in [4.69, 9.17) is 15.0 Å². The van der Waals surface area contributed by atoms with Crippen molar-refractivity contribution in [3.05, 3.63) is 53.1 Å². The Bertz CT molecular complexity index is 1220. The average Bonchev–Trinajstić information content (AvgIpc) is 3.41. The summed E-state index contributed by atoms with van der Waals surface area (Å²) in [6.45, 7) is 3.69. The number of hydrogen-bond acceptors (Lipinski definition) is 7. The minimum Gasteiger partial charge on any atom is -0.490 e. The lowest BCUT2D eigenvalue weighted by molar-refractivity contribution is -0.116. The molecule has 2 aromatic carbocycles. The Morgan fingerprint density at radius 2 is 2.10 bits per heavy atom. The van der Waals surface area contributed by atoms with Gasteiger partial charge in [0.2, 0.25) is 5.82 Å². The number of aliphatic imine (C=N–C) groups is 1. The van der Waals surface area contributed by atoms with Crippen molar-refractivity contribution in [3.8, 4) is 34.7 Å². The number of amides is 1. The summed E-state index contributed by atoms with van der Waals surface area (Å²) in [5, 5.41) is 13.6. The van der Waals surface area contributed by atoms with Crippen LogP contribution in [0.1, 0.15) is 37.0 Å². The molecule has 8 nitrogen and oxygen atoms in total. The van der Waals surface area contributed by atoms with E-state index in [-0.39, 0.29) is 18.6 Å². The predicted octanol–water partition coefficient (Wildman–Crippen LogP) is 3.28. The summed E-state index contributed by atoms with van der Waals surface area (Å²) in [5.41, 5.74) is 9.92. The summed E-state index contributed by atoms with van der Waals surface area (Å²) in [4.78, 5) is 20.3. The van der Waals surface area contributed by atoms with Gasteiger partial charge < -0.3 is 15.0 Å². The molecule has 4 rings (SSSR count). The largest absolute Gasteiger partial charge is 0.490 e. The summed E-state index contributed by atoms with van der Waals surface area (Å²) in [7, 11) is 0. The monoisotopic (exact) mass is 415 g/mol. The number of carbonyl (C=O) groups excluding carboxylic acids is 1. The van der Waals surface area contributed by atoms with Gasteiger partial charge in [-0.15, -0.1) is 0 Å². The van der Waals surface area contributed by atoms with Crippen LogP contribution in [0.15, 0.2) is 45.9 Å². The van der Waals surface area contributed by atoms with Gasteiger partial charge >= 0.3 is 0 Å². The lowest BCUT2D eigenvalue weighted by atomic mass is 10.0. The SMILES string of the molecule is CC(C)Oc1ccc(-c2nc(-c3cccc4c3CC/C4=N/C(=O)CN)no2)cc1C#N. The van der Waals surface area contributed by atoms with Crippen molar-refractivity contribution >= 4 is 11.6 Å². The molecule has 0 unspecified atom stereocenters. The van der Waals surface area contributed by atoms with E-state index in [0.29, 0.717) is 35.0 Å². The number of aromatic nitrogens is 2. The third-order valence-electron chi connectivity index (χ3n) is 4.91. The quantitative estimate of drug-likeness (QED) is 0.677. The summed E-state index contributed by atoms with van der Waals surface area (Å²) in [6, 6.07) is 13.1. The maximum atomic E-state index is 11.6. The van der Waals surface area contributed by atoms with Gasteiger partial charge in [0.15, 0.2) is 0 Å². The molecule has 0 saturated carbocycles. The number of rotatable bonds is 5. The van der Waals surface area contributed by atoms with Crippen LogP contribution in [0.25, 0.3) is 22.8 Å². The van der Waals surface area contributed by atoms with Gasteiger partial charge in [0.05, 0.1) is 23.9 Å². The number of nitriles is 1. The van der Waals surface area contributed by atoms with Crippen LogP contribution < -0.4 is 10.5 Å². The molecule has 1 amide bonds. The minimum absolute atomic E-state index is 0.0401. The second-order valence-electron chi connectivity index (χ2n) is 7.40. The van der Waals surface area contributed by atoms with Crippen LogP contribution in [0, 0.1) is 11.3 Å². The average molecular weight is 415 g/mol. The zero-order chi connectivity index (χ0) is 22.0. The first-order valence-electron chi connectivity index (χ1n) is 9.98. The Labute approximate surface area is 179 Å². The molecule has 0 radical (unpaired) electrons. The number of carbonyl (C=O) groups is 1. The summed E-state index contributed by atoms with van der Waals surface area (Å²) in [5.74, 6) is 0.929. The predicted molar refractivity (Wildman–Crippen MR) is 115 cm³/mol. The molecule has 2 N–H and O–H groups in total. The molecule has 0 aliphatic heterocycles. The van der Waals surface area contributed by atoms with Gasteiger partial charge in [-0.25, -0.2) is 4.99 Å². The van der Waals surface area contributed by atoms with Crippen molar-refractivity contribution in [2.45, 2.75) is 32.8 Å². The molecule has 3 aromatic rings. The van der Waals surface area contributed by atoms with Crippen molar-refractivity contribution in [3.63, 3.8) is 0 Å². The Hall–Kier alpha value is -3.83. The Kier molecular flexibility index (Phi) is 5.60. The topological polar surface area (TPSA) is 127 Å². The van der Waals surface area contributed by atoms with Gasteiger partial charge in [-0.05, 0) is 50.5 Å². The highest BCUT2D eigenvalue weighted by atomic mass is 16.5. The first-order chi connectivity index (χ1) is 15.0. The van der Waals surface area contributed by atoms with E-state index >= 15 is 0 Å². The van der Waals surface area contributed by atoms with Gasteiger partial charge in [-0.1, -0.05) is 23.4 Å². The number of ether oxygens (including phenoxy) is 1. The highest BCUT2D eigenvalue weighted by Crippen LogP contribution is 2.33. The number of nitrogens with two attached hydrogens (primary N) is 1. The van der Waals surface area contributed by atoms with Gasteiger partial charge in [-0.2, -0.15) is 10.2 Å². The van der Waals surface area contributed by atoms with E-state index in [1.54, 1.807) is 18.2 Å². The van der Waals surface area contributed by atoms with Gasteiger partial charge in [0.1, 0.15) is 11.8 Å². The third kappa shape index (κ3) is 4.09. The summed E-state index contributed by atoms with van der Waals surface area (Å²) >= 11 is 0. The molecule has 0 atom stereocenters. The molecule has 1 heterocycles. The fraction of sp³-hybridized carbons (Fsp3) is 0.261. The van der Waals surface area contributed by atoms with Gasteiger partial charge in [0.25, 0.3) is 11.8 Å². The van der Waals surface area contributed by atoms with E-state index in [1.165, 1.54) is 0 Å². The zero-order valence-corrected chi connectivity index (χ0v) is 17.3. The van der Waals surface area contributed by atoms with Crippen molar-refractivity contribution < 1.29 is 14.1 Å². The van der Waals surface area contributed by atoms with Crippen LogP contribution in [-0.2, 0) is 11.2 Å². The normalized spacial score (nSPS) is 14.0. The van der Waals surface area contributed by atoms with Crippen molar-refractivity contribution in [2.75, 3.05) is 6.54 Å². The van der Waals surface area contributed by atoms with E-state index in [0.717, 1.165) is 28.8 Å². The number of fused-ring (bicyclic) bond motifs is 1. The summed E-state index contributed by atoms with van der Waals surface area (Å²) in [6.07, 6.45) is 1.35. The Morgan fingerprint density at radius 3 is 2.84 bits per heavy atom. The van der Waals surface area contributed by atoms with Crippen molar-refractivity contribution in [1.29, 1.82) is 5.26 Å². The van der Waals surface area contributed by atoms with Crippen LogP contribution in [0.3, 0.4) is 0 Å². The molecule has 1 aliphatic carbocycles. The second kappa shape index (κ2) is 8.50. The smallest absolute Gasteiger partial charge is 0.259 e. The standard InChI is InChI=1S/C23H21N5O3/c1-13(2)30-20-9-6-14(10-15(20)11-24)23-27-22(28-31-23)18-5-3-4-17-16(18)7-8-19(17)26-21(29)12-25/h3-6,9-10,13H,7-8,12,25H2,1-2H3/b26-19-. The molecule has 0 spiro atoms. The molecule has 0 fully saturated rings. The molecule has 156 valence electrons. The molecular formula is C23H21N5O3. The number of benzene rings is 2. The van der Waals surface area contributed by atoms with E-state index < -0.39 is 0 Å². The molecular weight excluding hydrogens is 394 g/mol. The highest BCUT2D eigenvalue weighted by Gasteiger charge is 2.24. The molecule has 8 heteroatoms. The Balaban J connectivity index is 1.68. The minimum atomic E-state index is -0.340. The third-order valence-corrected chi connectivity index (χ3v) is 4.91. The molecule has 1 aliphatic rings. The number of nitrogens with zero attached hydrogens (tertiary/aromatic N) is 4. The van der Waals surface area contributed by atoms with Crippen LogP contribution in [0.2, 0.25) is 0 Å². The highest BCUT2D eigenvalue weighted by molar-refractivity contribution is 6.10. The fourth-order valence-corrected chi connectivity index (χ4v) is 3.58.